The van der Waals surface area contributed by atoms with E-state index in [1.807, 2.05) is 38.1 Å². The molecule has 1 aromatic carbocycles. The van der Waals surface area contributed by atoms with E-state index in [0.29, 0.717) is 0 Å². The molecule has 0 atom stereocenters. The average molecular weight is 303 g/mol. The largest absolute Gasteiger partial charge is 0.543 e. The zero-order valence-corrected chi connectivity index (χ0v) is 15.1. The summed E-state index contributed by atoms with van der Waals surface area (Å²) in [6.45, 7) is 15.2. The van der Waals surface area contributed by atoms with Crippen molar-refractivity contribution in [1.29, 1.82) is 0 Å². The van der Waals surface area contributed by atoms with Crippen molar-refractivity contribution in [2.45, 2.75) is 52.8 Å². The normalized spacial score (nSPS) is 13.3. The molecule has 1 heterocycles. The van der Waals surface area contributed by atoms with Crippen molar-refractivity contribution in [3.8, 4) is 5.75 Å². The Hall–Kier alpha value is -1.55. The quantitative estimate of drug-likeness (QED) is 0.697. The molecule has 0 unspecified atom stereocenters. The second kappa shape index (κ2) is 5.33. The minimum absolute atomic E-state index is 0.159. The summed E-state index contributed by atoms with van der Waals surface area (Å²) in [5.41, 5.74) is 2.71. The predicted octanol–water partition coefficient (Wildman–Crippen LogP) is 5.55. The van der Waals surface area contributed by atoms with E-state index in [9.17, 15) is 0 Å². The summed E-state index contributed by atoms with van der Waals surface area (Å²) in [6.07, 6.45) is 4.04. The highest BCUT2D eigenvalue weighted by Gasteiger charge is 2.39. The first-order chi connectivity index (χ1) is 9.67. The minimum Gasteiger partial charge on any atom is -0.543 e. The molecule has 0 aliphatic heterocycles. The van der Waals surface area contributed by atoms with Crippen molar-refractivity contribution >= 4 is 25.4 Å². The molecule has 0 aliphatic carbocycles. The van der Waals surface area contributed by atoms with Gasteiger partial charge in [-0.15, -0.1) is 0 Å². The molecule has 1 aromatic heterocycles. The number of hydrogen-bond donors (Lipinski definition) is 0. The van der Waals surface area contributed by atoms with Crippen molar-refractivity contribution < 1.29 is 8.95 Å². The van der Waals surface area contributed by atoms with E-state index in [1.54, 1.807) is 0 Å². The molecule has 0 amide bonds. The van der Waals surface area contributed by atoms with Crippen LogP contribution in [0.1, 0.15) is 39.0 Å². The summed E-state index contributed by atoms with van der Waals surface area (Å²) in [7, 11) is -1.88. The standard InChI is InChI=1S/C17H25NO2Si/c1-8-9-14-15(20-21(6,7)17(3,4)5)11-10-13-12(2)18-19-16(13)14/h8-11H,1-7H3. The van der Waals surface area contributed by atoms with Gasteiger partial charge >= 0.3 is 0 Å². The van der Waals surface area contributed by atoms with Gasteiger partial charge in [-0.2, -0.15) is 0 Å². The van der Waals surface area contributed by atoms with E-state index < -0.39 is 8.32 Å². The Morgan fingerprint density at radius 1 is 1.24 bits per heavy atom. The fraction of sp³-hybridized carbons (Fsp3) is 0.471. The average Bonchev–Trinajstić information content (AvgIpc) is 2.73. The molecule has 3 nitrogen and oxygen atoms in total. The fourth-order valence-corrected chi connectivity index (χ4v) is 3.00. The van der Waals surface area contributed by atoms with Crippen LogP contribution in [0.5, 0.6) is 5.75 Å². The van der Waals surface area contributed by atoms with Crippen LogP contribution in [-0.4, -0.2) is 13.5 Å². The zero-order chi connectivity index (χ0) is 15.8. The summed E-state index contributed by atoms with van der Waals surface area (Å²) in [4.78, 5) is 0. The number of hydrogen-bond acceptors (Lipinski definition) is 3. The third kappa shape index (κ3) is 2.90. The predicted molar refractivity (Wildman–Crippen MR) is 91.3 cm³/mol. The van der Waals surface area contributed by atoms with Crippen LogP contribution in [0.15, 0.2) is 22.7 Å². The number of rotatable bonds is 3. The molecule has 0 N–H and O–H groups in total. The molecule has 0 radical (unpaired) electrons. The molecule has 0 fully saturated rings. The van der Waals surface area contributed by atoms with Crippen LogP contribution in [0, 0.1) is 6.92 Å². The number of nitrogens with zero attached hydrogens (tertiary/aromatic N) is 1. The van der Waals surface area contributed by atoms with Crippen LogP contribution in [-0.2, 0) is 0 Å². The van der Waals surface area contributed by atoms with E-state index in [-0.39, 0.29) is 5.04 Å². The Kier molecular flexibility index (Phi) is 4.02. The molecule has 0 saturated heterocycles. The number of aromatic nitrogens is 1. The van der Waals surface area contributed by atoms with Crippen LogP contribution in [0.3, 0.4) is 0 Å². The summed E-state index contributed by atoms with van der Waals surface area (Å²) in [5, 5.41) is 5.28. The van der Waals surface area contributed by atoms with Crippen molar-refractivity contribution in [3.63, 3.8) is 0 Å². The number of allylic oxidation sites excluding steroid dienone is 1. The molecule has 114 valence electrons. The summed E-state index contributed by atoms with van der Waals surface area (Å²) in [5.74, 6) is 0.892. The van der Waals surface area contributed by atoms with E-state index in [0.717, 1.165) is 28.0 Å². The van der Waals surface area contributed by atoms with Crippen molar-refractivity contribution in [2.24, 2.45) is 0 Å². The molecule has 0 spiro atoms. The molecular weight excluding hydrogens is 278 g/mol. The first-order valence-electron chi connectivity index (χ1n) is 7.38. The number of aryl methyl sites for hydroxylation is 1. The van der Waals surface area contributed by atoms with Gasteiger partial charge in [0.05, 0.1) is 11.3 Å². The van der Waals surface area contributed by atoms with Gasteiger partial charge in [-0.25, -0.2) is 0 Å². The fourth-order valence-electron chi connectivity index (χ4n) is 1.97. The Morgan fingerprint density at radius 3 is 2.48 bits per heavy atom. The molecular formula is C17H25NO2Si. The molecule has 2 aromatic rings. The van der Waals surface area contributed by atoms with Crippen molar-refractivity contribution in [3.05, 3.63) is 29.5 Å². The molecule has 21 heavy (non-hydrogen) atoms. The number of fused-ring (bicyclic) bond motifs is 1. The van der Waals surface area contributed by atoms with Gasteiger partial charge in [0, 0.05) is 5.39 Å². The van der Waals surface area contributed by atoms with Gasteiger partial charge in [-0.1, -0.05) is 38.1 Å². The maximum atomic E-state index is 6.47. The summed E-state index contributed by atoms with van der Waals surface area (Å²) in [6, 6.07) is 4.08. The van der Waals surface area contributed by atoms with Gasteiger partial charge in [0.25, 0.3) is 8.32 Å². The lowest BCUT2D eigenvalue weighted by Crippen LogP contribution is -2.44. The SMILES string of the molecule is CC=Cc1c(O[Si](C)(C)C(C)(C)C)ccc2c(C)noc12. The maximum Gasteiger partial charge on any atom is 0.250 e. The summed E-state index contributed by atoms with van der Waals surface area (Å²) >= 11 is 0. The molecule has 0 aliphatic rings. The van der Waals surface area contributed by atoms with Gasteiger partial charge in [0.15, 0.2) is 5.58 Å². The van der Waals surface area contributed by atoms with Crippen LogP contribution in [0.25, 0.3) is 17.0 Å². The van der Waals surface area contributed by atoms with E-state index in [2.05, 4.69) is 39.0 Å². The second-order valence-corrected chi connectivity index (χ2v) is 11.7. The third-order valence-electron chi connectivity index (χ3n) is 4.32. The van der Waals surface area contributed by atoms with Crippen LogP contribution in [0.2, 0.25) is 18.1 Å². The van der Waals surface area contributed by atoms with Gasteiger partial charge in [-0.3, -0.25) is 0 Å². The zero-order valence-electron chi connectivity index (χ0n) is 14.1. The van der Waals surface area contributed by atoms with Crippen LogP contribution < -0.4 is 4.43 Å². The molecule has 4 heteroatoms. The van der Waals surface area contributed by atoms with Crippen molar-refractivity contribution in [1.82, 2.24) is 5.16 Å². The summed E-state index contributed by atoms with van der Waals surface area (Å²) < 4.78 is 12.0. The van der Waals surface area contributed by atoms with Gasteiger partial charge in [-0.05, 0) is 44.1 Å². The molecule has 2 rings (SSSR count). The van der Waals surface area contributed by atoms with Crippen LogP contribution in [0.4, 0.5) is 0 Å². The molecule has 0 saturated carbocycles. The Morgan fingerprint density at radius 2 is 1.90 bits per heavy atom. The van der Waals surface area contributed by atoms with Gasteiger partial charge in [0.1, 0.15) is 5.75 Å². The third-order valence-corrected chi connectivity index (χ3v) is 8.67. The van der Waals surface area contributed by atoms with Crippen LogP contribution >= 0.6 is 0 Å². The van der Waals surface area contributed by atoms with E-state index >= 15 is 0 Å². The second-order valence-electron chi connectivity index (χ2n) is 6.98. The smallest absolute Gasteiger partial charge is 0.250 e. The lowest BCUT2D eigenvalue weighted by atomic mass is 10.1. The molecule has 0 bridgehead atoms. The number of benzene rings is 1. The Balaban J connectivity index is 2.57. The van der Waals surface area contributed by atoms with Gasteiger partial charge in [0.2, 0.25) is 0 Å². The Labute approximate surface area is 128 Å². The monoisotopic (exact) mass is 303 g/mol. The topological polar surface area (TPSA) is 35.3 Å². The Bertz CT molecular complexity index is 678. The highest BCUT2D eigenvalue weighted by molar-refractivity contribution is 6.74. The first-order valence-corrected chi connectivity index (χ1v) is 10.3. The minimum atomic E-state index is -1.88. The highest BCUT2D eigenvalue weighted by Crippen LogP contribution is 2.40. The van der Waals surface area contributed by atoms with Crippen molar-refractivity contribution in [2.75, 3.05) is 0 Å². The lowest BCUT2D eigenvalue weighted by Gasteiger charge is -2.36. The lowest BCUT2D eigenvalue weighted by molar-refractivity contribution is 0.446. The highest BCUT2D eigenvalue weighted by atomic mass is 28.4. The van der Waals surface area contributed by atoms with Gasteiger partial charge < -0.3 is 8.95 Å². The van der Waals surface area contributed by atoms with E-state index in [4.69, 9.17) is 8.95 Å². The first kappa shape index (κ1) is 15.8. The maximum absolute atomic E-state index is 6.47. The van der Waals surface area contributed by atoms with E-state index in [1.165, 1.54) is 0 Å².